The lowest BCUT2D eigenvalue weighted by atomic mass is 10.0. The van der Waals surface area contributed by atoms with E-state index in [-0.39, 0.29) is 34.6 Å². The van der Waals surface area contributed by atoms with Crippen molar-refractivity contribution in [2.75, 3.05) is 20.8 Å². The Morgan fingerprint density at radius 3 is 2.29 bits per heavy atom. The molecule has 35 heavy (non-hydrogen) atoms. The molecule has 0 amide bonds. The highest BCUT2D eigenvalue weighted by Crippen LogP contribution is 2.34. The number of fused-ring (bicyclic) bond motifs is 1. The van der Waals surface area contributed by atoms with Gasteiger partial charge in [-0.3, -0.25) is 4.79 Å². The second-order valence-electron chi connectivity index (χ2n) is 7.34. The summed E-state index contributed by atoms with van der Waals surface area (Å²) >= 11 is 0. The molecule has 4 rings (SSSR count). The second-order valence-corrected chi connectivity index (χ2v) is 7.34. The number of methoxy groups -OCH3 is 2. The van der Waals surface area contributed by atoms with E-state index in [1.807, 2.05) is 0 Å². The van der Waals surface area contributed by atoms with Crippen LogP contribution in [0, 0.1) is 0 Å². The third-order valence-corrected chi connectivity index (χ3v) is 5.22. The molecule has 8 heteroatoms. The Morgan fingerprint density at radius 1 is 0.857 bits per heavy atom. The molecule has 3 aromatic carbocycles. The minimum Gasteiger partial charge on any atom is -0.493 e. The van der Waals surface area contributed by atoms with Crippen LogP contribution in [0.3, 0.4) is 0 Å². The Bertz CT molecular complexity index is 1450. The maximum atomic E-state index is 13.5. The van der Waals surface area contributed by atoms with Crippen LogP contribution in [0.25, 0.3) is 22.1 Å². The van der Waals surface area contributed by atoms with E-state index >= 15 is 0 Å². The zero-order valence-corrected chi connectivity index (χ0v) is 19.3. The van der Waals surface area contributed by atoms with E-state index in [4.69, 9.17) is 23.4 Å². The molecule has 0 aliphatic heterocycles. The minimum absolute atomic E-state index is 0.0194. The number of esters is 2. The normalized spacial score (nSPS) is 10.6. The number of carbonyl (C=O) groups excluding carboxylic acids is 2. The zero-order valence-electron chi connectivity index (χ0n) is 19.3. The number of rotatable bonds is 7. The maximum absolute atomic E-state index is 13.5. The SMILES string of the molecule is CCOC(=O)c1oc2cc(OC(=O)c3ccccc3)ccc2c(=O)c1-c1ccc(OC)c(OC)c1. The molecule has 4 aromatic rings. The van der Waals surface area contributed by atoms with Gasteiger partial charge in [-0.05, 0) is 48.9 Å². The van der Waals surface area contributed by atoms with Crippen LogP contribution >= 0.6 is 0 Å². The van der Waals surface area contributed by atoms with Crippen LogP contribution in [0.2, 0.25) is 0 Å². The number of carbonyl (C=O) groups is 2. The molecule has 0 spiro atoms. The lowest BCUT2D eigenvalue weighted by Crippen LogP contribution is -2.15. The molecule has 178 valence electrons. The average molecular weight is 474 g/mol. The number of benzene rings is 3. The van der Waals surface area contributed by atoms with Gasteiger partial charge in [0.2, 0.25) is 11.2 Å². The molecule has 0 radical (unpaired) electrons. The van der Waals surface area contributed by atoms with E-state index in [1.165, 1.54) is 32.4 Å². The topological polar surface area (TPSA) is 101 Å². The Labute approximate surface area is 200 Å². The molecular formula is C27H22O8. The first-order chi connectivity index (χ1) is 17.0. The van der Waals surface area contributed by atoms with Crippen LogP contribution in [0.4, 0.5) is 0 Å². The molecule has 0 saturated carbocycles. The smallest absolute Gasteiger partial charge is 0.375 e. The Kier molecular flexibility index (Phi) is 6.82. The van der Waals surface area contributed by atoms with Crippen molar-refractivity contribution in [3.63, 3.8) is 0 Å². The van der Waals surface area contributed by atoms with Crippen LogP contribution in [0.5, 0.6) is 17.2 Å². The van der Waals surface area contributed by atoms with Crippen molar-refractivity contribution in [1.82, 2.24) is 0 Å². The highest BCUT2D eigenvalue weighted by molar-refractivity contribution is 5.98. The molecule has 1 aromatic heterocycles. The molecule has 0 atom stereocenters. The van der Waals surface area contributed by atoms with Gasteiger partial charge < -0.3 is 23.4 Å². The summed E-state index contributed by atoms with van der Waals surface area (Å²) in [6.07, 6.45) is 0. The molecule has 8 nitrogen and oxygen atoms in total. The summed E-state index contributed by atoms with van der Waals surface area (Å²) < 4.78 is 27.0. The summed E-state index contributed by atoms with van der Waals surface area (Å²) in [5, 5.41) is 0.197. The third-order valence-electron chi connectivity index (χ3n) is 5.22. The van der Waals surface area contributed by atoms with Crippen molar-refractivity contribution < 1.29 is 33.0 Å². The Balaban J connectivity index is 1.84. The molecule has 0 aliphatic carbocycles. The van der Waals surface area contributed by atoms with Crippen molar-refractivity contribution >= 4 is 22.9 Å². The van der Waals surface area contributed by atoms with E-state index in [2.05, 4.69) is 0 Å². The summed E-state index contributed by atoms with van der Waals surface area (Å²) in [5.41, 5.74) is 0.389. The lowest BCUT2D eigenvalue weighted by molar-refractivity contribution is 0.0491. The fourth-order valence-corrected chi connectivity index (χ4v) is 3.57. The number of ether oxygens (including phenoxy) is 4. The monoisotopic (exact) mass is 474 g/mol. The summed E-state index contributed by atoms with van der Waals surface area (Å²) in [7, 11) is 2.96. The van der Waals surface area contributed by atoms with Crippen LogP contribution in [-0.4, -0.2) is 32.8 Å². The predicted molar refractivity (Wildman–Crippen MR) is 128 cm³/mol. The van der Waals surface area contributed by atoms with Gasteiger partial charge >= 0.3 is 11.9 Å². The molecule has 0 fully saturated rings. The molecule has 0 N–H and O–H groups in total. The molecule has 0 bridgehead atoms. The first kappa shape index (κ1) is 23.6. The van der Waals surface area contributed by atoms with Crippen LogP contribution < -0.4 is 19.6 Å². The van der Waals surface area contributed by atoms with E-state index in [0.29, 0.717) is 22.6 Å². The van der Waals surface area contributed by atoms with Crippen molar-refractivity contribution in [3.05, 3.63) is 88.3 Å². The quantitative estimate of drug-likeness (QED) is 0.276. The van der Waals surface area contributed by atoms with E-state index in [0.717, 1.165) is 0 Å². The largest absolute Gasteiger partial charge is 0.493 e. The molecule has 0 saturated heterocycles. The lowest BCUT2D eigenvalue weighted by Gasteiger charge is -2.13. The van der Waals surface area contributed by atoms with Crippen molar-refractivity contribution in [3.8, 4) is 28.4 Å². The first-order valence-electron chi connectivity index (χ1n) is 10.7. The van der Waals surface area contributed by atoms with E-state index in [9.17, 15) is 14.4 Å². The summed E-state index contributed by atoms with van der Waals surface area (Å²) in [4.78, 5) is 38.7. The standard InChI is InChI=1S/C27H22O8/c1-4-33-27(30)25-23(17-10-13-20(31-2)22(14-17)32-3)24(28)19-12-11-18(15-21(19)35-25)34-26(29)16-8-6-5-7-9-16/h5-15H,4H2,1-3H3. The zero-order chi connectivity index (χ0) is 24.9. The summed E-state index contributed by atoms with van der Waals surface area (Å²) in [5.74, 6) is -0.652. The highest BCUT2D eigenvalue weighted by Gasteiger charge is 2.24. The van der Waals surface area contributed by atoms with Gasteiger partial charge in [-0.1, -0.05) is 24.3 Å². The van der Waals surface area contributed by atoms with Gasteiger partial charge in [0.05, 0.1) is 37.3 Å². The molecular weight excluding hydrogens is 452 g/mol. The molecule has 0 aliphatic rings. The van der Waals surface area contributed by atoms with E-state index < -0.39 is 17.4 Å². The Hall–Kier alpha value is -4.59. The summed E-state index contributed by atoms with van der Waals surface area (Å²) in [6.45, 7) is 1.73. The Morgan fingerprint density at radius 2 is 1.60 bits per heavy atom. The maximum Gasteiger partial charge on any atom is 0.375 e. The first-order valence-corrected chi connectivity index (χ1v) is 10.7. The van der Waals surface area contributed by atoms with Gasteiger partial charge in [0.1, 0.15) is 11.3 Å². The minimum atomic E-state index is -0.803. The highest BCUT2D eigenvalue weighted by atomic mass is 16.5. The van der Waals surface area contributed by atoms with E-state index in [1.54, 1.807) is 55.5 Å². The average Bonchev–Trinajstić information content (AvgIpc) is 2.88. The van der Waals surface area contributed by atoms with Gasteiger partial charge in [0, 0.05) is 6.07 Å². The number of hydrogen-bond donors (Lipinski definition) is 0. The molecule has 0 unspecified atom stereocenters. The fraction of sp³-hybridized carbons (Fsp3) is 0.148. The van der Waals surface area contributed by atoms with Crippen molar-refractivity contribution in [2.24, 2.45) is 0 Å². The van der Waals surface area contributed by atoms with Crippen LogP contribution in [0.1, 0.15) is 27.8 Å². The molecule has 1 heterocycles. The van der Waals surface area contributed by atoms with Crippen LogP contribution in [-0.2, 0) is 4.74 Å². The van der Waals surface area contributed by atoms with Gasteiger partial charge in [0.15, 0.2) is 11.5 Å². The van der Waals surface area contributed by atoms with Gasteiger partial charge in [-0.15, -0.1) is 0 Å². The predicted octanol–water partition coefficient (Wildman–Crippen LogP) is 4.87. The summed E-state index contributed by atoms with van der Waals surface area (Å²) in [6, 6.07) is 17.7. The number of hydrogen-bond acceptors (Lipinski definition) is 8. The third kappa shape index (κ3) is 4.72. The van der Waals surface area contributed by atoms with Gasteiger partial charge in [-0.2, -0.15) is 0 Å². The second kappa shape index (κ2) is 10.1. The van der Waals surface area contributed by atoms with Gasteiger partial charge in [-0.25, -0.2) is 9.59 Å². The fourth-order valence-electron chi connectivity index (χ4n) is 3.57. The van der Waals surface area contributed by atoms with Crippen molar-refractivity contribution in [2.45, 2.75) is 6.92 Å². The van der Waals surface area contributed by atoms with Crippen LogP contribution in [0.15, 0.2) is 75.9 Å². The van der Waals surface area contributed by atoms with Gasteiger partial charge in [0.25, 0.3) is 0 Å². The van der Waals surface area contributed by atoms with Crippen molar-refractivity contribution in [1.29, 1.82) is 0 Å².